The van der Waals surface area contributed by atoms with Crippen molar-refractivity contribution in [3.63, 3.8) is 0 Å². The van der Waals surface area contributed by atoms with Crippen molar-refractivity contribution < 1.29 is 9.31 Å². The van der Waals surface area contributed by atoms with E-state index in [-0.39, 0.29) is 18.1 Å². The van der Waals surface area contributed by atoms with E-state index in [1.807, 2.05) is 0 Å². The fraction of sp³-hybridized carbons (Fsp3) is 0.343. The van der Waals surface area contributed by atoms with Crippen molar-refractivity contribution in [2.45, 2.75) is 52.2 Å². The highest BCUT2D eigenvalue weighted by Crippen LogP contribution is 2.54. The number of hydrogen-bond donors (Lipinski definition) is 0. The molecule has 0 aromatic heterocycles. The van der Waals surface area contributed by atoms with Crippen molar-refractivity contribution in [3.05, 3.63) is 125 Å². The molecule has 37 heavy (non-hydrogen) atoms. The normalized spacial score (nSPS) is 33.5. The Kier molecular flexibility index (Phi) is 5.29. The van der Waals surface area contributed by atoms with E-state index in [0.717, 1.165) is 19.3 Å². The van der Waals surface area contributed by atoms with Gasteiger partial charge in [0.25, 0.3) is 0 Å². The van der Waals surface area contributed by atoms with Gasteiger partial charge in [-0.1, -0.05) is 92.8 Å². The van der Waals surface area contributed by atoms with E-state index in [0.29, 0.717) is 17.8 Å². The molecule has 3 aliphatic carbocycles. The van der Waals surface area contributed by atoms with Gasteiger partial charge in [0.2, 0.25) is 6.04 Å². The predicted octanol–water partition coefficient (Wildman–Crippen LogP) is 7.71. The second-order valence-electron chi connectivity index (χ2n) is 11.8. The van der Waals surface area contributed by atoms with E-state index in [4.69, 9.17) is 4.74 Å². The van der Waals surface area contributed by atoms with Crippen molar-refractivity contribution in [2.75, 3.05) is 0 Å². The van der Waals surface area contributed by atoms with Crippen LogP contribution in [0.3, 0.4) is 0 Å². The molecular weight excluding hydrogens is 450 g/mol. The van der Waals surface area contributed by atoms with E-state index in [9.17, 15) is 0 Å². The molecule has 1 aromatic carbocycles. The molecule has 0 radical (unpaired) electrons. The molecule has 5 unspecified atom stereocenters. The quantitative estimate of drug-likeness (QED) is 0.315. The molecule has 6 atom stereocenters. The van der Waals surface area contributed by atoms with E-state index in [1.54, 1.807) is 0 Å². The molecule has 0 bridgehead atoms. The summed E-state index contributed by atoms with van der Waals surface area (Å²) in [5.74, 6) is 2.88. The summed E-state index contributed by atoms with van der Waals surface area (Å²) >= 11 is 0. The summed E-state index contributed by atoms with van der Waals surface area (Å²) in [5, 5.41) is 0. The topological polar surface area (TPSA) is 12.2 Å². The van der Waals surface area contributed by atoms with E-state index in [2.05, 4.69) is 111 Å². The minimum atomic E-state index is 0.0374. The van der Waals surface area contributed by atoms with Crippen LogP contribution in [0.2, 0.25) is 0 Å². The Hall–Kier alpha value is -3.39. The Morgan fingerprint density at radius 3 is 2.59 bits per heavy atom. The first-order valence-electron chi connectivity index (χ1n) is 14.0. The Bertz CT molecular complexity index is 1440. The summed E-state index contributed by atoms with van der Waals surface area (Å²) in [7, 11) is 0. The molecule has 0 spiro atoms. The van der Waals surface area contributed by atoms with Gasteiger partial charge in [0.05, 0.1) is 5.57 Å². The summed E-state index contributed by atoms with van der Waals surface area (Å²) in [6, 6.07) is 11.1. The van der Waals surface area contributed by atoms with Crippen LogP contribution in [0.15, 0.2) is 119 Å². The smallest absolute Gasteiger partial charge is 0.205 e. The molecule has 2 nitrogen and oxygen atoms in total. The largest absolute Gasteiger partial charge is 0.488 e. The van der Waals surface area contributed by atoms with Gasteiger partial charge in [-0.15, -0.1) is 0 Å². The van der Waals surface area contributed by atoms with Crippen LogP contribution < -0.4 is 0 Å². The SMILES string of the molecule is C=C(C)[C@H]1C2=C(C3=[N+]1C=CC(C)C3)C1OC3=C(C(c4ccccc4)=CCC3C3=CC=CC(C)C3)C1C=C2. The lowest BCUT2D eigenvalue weighted by molar-refractivity contribution is -0.477. The number of allylic oxidation sites excluding steroid dienone is 7. The third-order valence-corrected chi connectivity index (χ3v) is 9.01. The van der Waals surface area contributed by atoms with Gasteiger partial charge in [-0.05, 0) is 54.4 Å². The highest BCUT2D eigenvalue weighted by Gasteiger charge is 2.53. The van der Waals surface area contributed by atoms with Gasteiger partial charge >= 0.3 is 0 Å². The van der Waals surface area contributed by atoms with Gasteiger partial charge in [-0.3, -0.25) is 0 Å². The molecule has 0 N–H and O–H groups in total. The van der Waals surface area contributed by atoms with Crippen molar-refractivity contribution in [1.29, 1.82) is 0 Å². The standard InChI is InChI=1S/C35H36NO/c1-21(2)33-28-15-16-29-31-26(24-10-6-5-7-11-24)13-14-27(25-12-8-9-22(3)19-25)34(31)37-35(29)32(28)30-20-23(4)17-18-36(30)33/h5-13,15-18,22-23,27,29,33,35H,1,14,19-20H2,2-4H3/q+1/t22?,23?,27?,29?,33-,35?/m0/s1. The zero-order valence-corrected chi connectivity index (χ0v) is 22.2. The van der Waals surface area contributed by atoms with Gasteiger partial charge in [0.15, 0.2) is 11.9 Å². The third-order valence-electron chi connectivity index (χ3n) is 9.01. The maximum absolute atomic E-state index is 7.21. The fourth-order valence-corrected chi connectivity index (χ4v) is 7.39. The molecule has 0 fully saturated rings. The molecule has 0 saturated carbocycles. The van der Waals surface area contributed by atoms with Crippen molar-refractivity contribution in [3.8, 4) is 0 Å². The zero-order valence-electron chi connectivity index (χ0n) is 22.2. The summed E-state index contributed by atoms with van der Waals surface area (Å²) in [5.41, 5.74) is 11.0. The van der Waals surface area contributed by atoms with Crippen molar-refractivity contribution in [2.24, 2.45) is 23.7 Å². The molecule has 0 saturated heterocycles. The first-order chi connectivity index (χ1) is 18.0. The second kappa shape index (κ2) is 8.58. The van der Waals surface area contributed by atoms with E-state index >= 15 is 0 Å². The average molecular weight is 487 g/mol. The lowest BCUT2D eigenvalue weighted by Crippen LogP contribution is -2.30. The van der Waals surface area contributed by atoms with Crippen LogP contribution in [-0.4, -0.2) is 22.4 Å². The molecule has 2 heteroatoms. The lowest BCUT2D eigenvalue weighted by atomic mass is 9.73. The lowest BCUT2D eigenvalue weighted by Gasteiger charge is -2.29. The number of nitrogens with zero attached hydrogens (tertiary/aromatic N) is 1. The molecule has 1 aromatic rings. The van der Waals surface area contributed by atoms with Crippen molar-refractivity contribution in [1.82, 2.24) is 0 Å². The highest BCUT2D eigenvalue weighted by molar-refractivity contribution is 6.02. The van der Waals surface area contributed by atoms with Crippen LogP contribution in [0.25, 0.3) is 5.57 Å². The van der Waals surface area contributed by atoms with Gasteiger partial charge in [-0.2, -0.15) is 4.58 Å². The van der Waals surface area contributed by atoms with Gasteiger partial charge in [0, 0.05) is 29.4 Å². The predicted molar refractivity (Wildman–Crippen MR) is 152 cm³/mol. The number of rotatable bonds is 3. The Morgan fingerprint density at radius 1 is 1.00 bits per heavy atom. The number of fused-ring (bicyclic) bond motifs is 4. The molecule has 6 aliphatic rings. The van der Waals surface area contributed by atoms with Crippen LogP contribution in [0.5, 0.6) is 0 Å². The fourth-order valence-electron chi connectivity index (χ4n) is 7.39. The summed E-state index contributed by atoms with van der Waals surface area (Å²) in [6.07, 6.45) is 22.1. The molecule has 0 amide bonds. The maximum atomic E-state index is 7.21. The average Bonchev–Trinajstić information content (AvgIpc) is 3.44. The Labute approximate surface area is 221 Å². The molecule has 7 rings (SSSR count). The van der Waals surface area contributed by atoms with Crippen LogP contribution in [0.1, 0.15) is 45.6 Å². The summed E-state index contributed by atoms with van der Waals surface area (Å²) in [6.45, 7) is 11.2. The van der Waals surface area contributed by atoms with Gasteiger partial charge < -0.3 is 4.74 Å². The Balaban J connectivity index is 1.35. The van der Waals surface area contributed by atoms with Crippen LogP contribution in [0, 0.1) is 23.7 Å². The first kappa shape index (κ1) is 22.8. The Morgan fingerprint density at radius 2 is 1.81 bits per heavy atom. The number of benzene rings is 1. The van der Waals surface area contributed by atoms with Gasteiger partial charge in [-0.25, -0.2) is 0 Å². The first-order valence-corrected chi connectivity index (χ1v) is 14.0. The molecule has 186 valence electrons. The summed E-state index contributed by atoms with van der Waals surface area (Å²) < 4.78 is 9.69. The molecular formula is C35H36NO+. The molecule has 3 aliphatic heterocycles. The third kappa shape index (κ3) is 3.49. The summed E-state index contributed by atoms with van der Waals surface area (Å²) in [4.78, 5) is 0. The molecule has 3 heterocycles. The minimum absolute atomic E-state index is 0.0374. The van der Waals surface area contributed by atoms with Crippen LogP contribution >= 0.6 is 0 Å². The zero-order chi connectivity index (χ0) is 25.3. The number of ether oxygens (including phenoxy) is 1. The highest BCUT2D eigenvalue weighted by atomic mass is 16.5. The van der Waals surface area contributed by atoms with Crippen molar-refractivity contribution >= 4 is 11.3 Å². The minimum Gasteiger partial charge on any atom is -0.488 e. The number of hydrogen-bond acceptors (Lipinski definition) is 1. The van der Waals surface area contributed by atoms with Crippen LogP contribution in [0.4, 0.5) is 0 Å². The van der Waals surface area contributed by atoms with Crippen LogP contribution in [-0.2, 0) is 4.74 Å². The van der Waals surface area contributed by atoms with E-state index < -0.39 is 0 Å². The monoisotopic (exact) mass is 486 g/mol. The van der Waals surface area contributed by atoms with E-state index in [1.165, 1.54) is 50.5 Å². The van der Waals surface area contributed by atoms with Gasteiger partial charge in [0.1, 0.15) is 11.9 Å². The second-order valence-corrected chi connectivity index (χ2v) is 11.8. The maximum Gasteiger partial charge on any atom is 0.205 e.